The van der Waals surface area contributed by atoms with Gasteiger partial charge >= 0.3 is 0 Å². The first-order chi connectivity index (χ1) is 19.3. The Morgan fingerprint density at radius 3 is 2.55 bits per heavy atom. The van der Waals surface area contributed by atoms with Crippen molar-refractivity contribution in [1.29, 1.82) is 5.26 Å². The van der Waals surface area contributed by atoms with Gasteiger partial charge in [-0.3, -0.25) is 9.59 Å². The monoisotopic (exact) mass is 563 g/mol. The third-order valence-corrected chi connectivity index (χ3v) is 8.25. The summed E-state index contributed by atoms with van der Waals surface area (Å²) in [5.74, 6) is -0.110. The molecule has 0 unspecified atom stereocenters. The van der Waals surface area contributed by atoms with E-state index in [0.29, 0.717) is 32.9 Å². The van der Waals surface area contributed by atoms with Crippen LogP contribution < -0.4 is 16.8 Å². The van der Waals surface area contributed by atoms with Crippen molar-refractivity contribution >= 4 is 67.8 Å². The lowest BCUT2D eigenvalue weighted by Crippen LogP contribution is -2.12. The maximum absolute atomic E-state index is 13.3. The Morgan fingerprint density at radius 2 is 1.88 bits per heavy atom. The van der Waals surface area contributed by atoms with Gasteiger partial charge in [-0.05, 0) is 57.6 Å². The summed E-state index contributed by atoms with van der Waals surface area (Å²) in [5.41, 5.74) is 17.4. The van der Waals surface area contributed by atoms with E-state index < -0.39 is 5.91 Å². The second-order valence-electron chi connectivity index (χ2n) is 9.45. The van der Waals surface area contributed by atoms with Crippen molar-refractivity contribution < 1.29 is 9.59 Å². The molecule has 0 saturated heterocycles. The minimum Gasteiger partial charge on any atom is -0.397 e. The third kappa shape index (κ3) is 5.23. The van der Waals surface area contributed by atoms with Crippen molar-refractivity contribution in [3.8, 4) is 17.2 Å². The molecule has 5 rings (SSSR count). The number of rotatable bonds is 7. The highest BCUT2D eigenvalue weighted by atomic mass is 32.1. The second-order valence-corrected chi connectivity index (χ2v) is 11.2. The smallest absolute Gasteiger partial charge is 0.267 e. The summed E-state index contributed by atoms with van der Waals surface area (Å²) in [5, 5.41) is 16.9. The molecule has 3 aromatic heterocycles. The second kappa shape index (κ2) is 11.1. The Bertz CT molecular complexity index is 1810. The van der Waals surface area contributed by atoms with Crippen LogP contribution in [0, 0.1) is 11.3 Å². The minimum atomic E-state index is -0.445. The molecular weight excluding hydrogens is 539 g/mol. The molecule has 0 fully saturated rings. The molecule has 3 heterocycles. The highest BCUT2D eigenvalue weighted by Gasteiger charge is 2.24. The zero-order valence-corrected chi connectivity index (χ0v) is 23.4. The maximum atomic E-state index is 13.3. The Balaban J connectivity index is 1.40. The average Bonchev–Trinajstić information content (AvgIpc) is 3.59. The molecule has 2 aromatic carbocycles. The lowest BCUT2D eigenvalue weighted by molar-refractivity contribution is 0.102. The van der Waals surface area contributed by atoms with E-state index in [1.165, 1.54) is 23.0 Å². The van der Waals surface area contributed by atoms with Crippen LogP contribution in [0.4, 0.5) is 17.2 Å². The Kier molecular flexibility index (Phi) is 7.47. The molecule has 5 N–H and O–H groups in total. The van der Waals surface area contributed by atoms with Gasteiger partial charge in [-0.2, -0.15) is 16.6 Å². The third-order valence-electron chi connectivity index (χ3n) is 6.47. The Morgan fingerprint density at radius 1 is 1.10 bits per heavy atom. The van der Waals surface area contributed by atoms with Crippen LogP contribution in [0.5, 0.6) is 0 Å². The van der Waals surface area contributed by atoms with Gasteiger partial charge < -0.3 is 16.8 Å². The number of thiophene rings is 2. The number of aromatic nitrogens is 1. The van der Waals surface area contributed by atoms with Crippen LogP contribution in [0.3, 0.4) is 0 Å². The van der Waals surface area contributed by atoms with Gasteiger partial charge in [0.05, 0.1) is 5.69 Å². The van der Waals surface area contributed by atoms with Gasteiger partial charge in [-0.25, -0.2) is 4.98 Å². The van der Waals surface area contributed by atoms with Crippen LogP contribution in [0.1, 0.15) is 56.5 Å². The molecular formula is C31H25N5O2S2. The number of carbonyl (C=O) groups excluding carboxylic acids is 2. The number of pyridine rings is 1. The van der Waals surface area contributed by atoms with Crippen LogP contribution in [-0.2, 0) is 0 Å². The predicted octanol–water partition coefficient (Wildman–Crippen LogP) is 7.33. The number of nitriles is 1. The normalized spacial score (nSPS) is 11.2. The van der Waals surface area contributed by atoms with Crippen molar-refractivity contribution in [2.45, 2.75) is 19.8 Å². The number of hydrogen-bond donors (Lipinski definition) is 3. The number of amides is 1. The van der Waals surface area contributed by atoms with E-state index in [4.69, 9.17) is 11.5 Å². The molecule has 0 aliphatic rings. The molecule has 40 heavy (non-hydrogen) atoms. The summed E-state index contributed by atoms with van der Waals surface area (Å²) >= 11 is 2.58. The lowest BCUT2D eigenvalue weighted by atomic mass is 9.99. The summed E-state index contributed by atoms with van der Waals surface area (Å²) in [6.45, 7) is 4.27. The van der Waals surface area contributed by atoms with Gasteiger partial charge in [0.1, 0.15) is 27.2 Å². The number of allylic oxidation sites excluding steroid dienone is 1. The number of nitrogens with one attached hydrogen (secondary N) is 1. The number of ketones is 1. The molecule has 0 spiro atoms. The summed E-state index contributed by atoms with van der Waals surface area (Å²) in [4.78, 5) is 31.2. The average molecular weight is 564 g/mol. The van der Waals surface area contributed by atoms with Crippen molar-refractivity contribution in [2.24, 2.45) is 0 Å². The molecule has 0 radical (unpaired) electrons. The van der Waals surface area contributed by atoms with Crippen molar-refractivity contribution in [1.82, 2.24) is 4.98 Å². The Labute approximate surface area is 239 Å². The zero-order chi connectivity index (χ0) is 28.4. The van der Waals surface area contributed by atoms with Crippen LogP contribution in [-0.4, -0.2) is 16.7 Å². The van der Waals surface area contributed by atoms with E-state index in [9.17, 15) is 14.9 Å². The van der Waals surface area contributed by atoms with Gasteiger partial charge in [-0.15, -0.1) is 11.3 Å². The number of hydrogen-bond acceptors (Lipinski definition) is 8. The fourth-order valence-electron chi connectivity index (χ4n) is 4.35. The van der Waals surface area contributed by atoms with Crippen LogP contribution in [0.2, 0.25) is 0 Å². The largest absolute Gasteiger partial charge is 0.397 e. The minimum absolute atomic E-state index is 0.0829. The Hall–Kier alpha value is -4.78. The van der Waals surface area contributed by atoms with E-state index in [2.05, 4.69) is 42.4 Å². The van der Waals surface area contributed by atoms with E-state index in [1.54, 1.807) is 30.3 Å². The molecule has 0 aliphatic carbocycles. The van der Waals surface area contributed by atoms with Gasteiger partial charge in [0.2, 0.25) is 0 Å². The highest BCUT2D eigenvalue weighted by Crippen LogP contribution is 2.43. The molecule has 198 valence electrons. The SMILES string of the molecule is CC(C)c1ccc(/C=C/C(=O)c2cccc(NC(=O)c3sc4nc(N)c(C#N)c(-c5ccsc5)c4c3N)c2)cc1. The molecule has 0 aliphatic heterocycles. The first kappa shape index (κ1) is 26.8. The number of nitrogens with two attached hydrogens (primary N) is 2. The summed E-state index contributed by atoms with van der Waals surface area (Å²) in [6, 6.07) is 18.8. The van der Waals surface area contributed by atoms with Gasteiger partial charge in [0.25, 0.3) is 5.91 Å². The molecule has 0 bridgehead atoms. The lowest BCUT2D eigenvalue weighted by Gasteiger charge is -2.08. The quantitative estimate of drug-likeness (QED) is 0.140. The number of carbonyl (C=O) groups is 2. The van der Waals surface area contributed by atoms with E-state index in [0.717, 1.165) is 22.5 Å². The van der Waals surface area contributed by atoms with E-state index >= 15 is 0 Å². The molecule has 0 saturated carbocycles. The molecule has 9 heteroatoms. The van der Waals surface area contributed by atoms with E-state index in [-0.39, 0.29) is 27.7 Å². The number of nitrogens with zero attached hydrogens (tertiary/aromatic N) is 2. The zero-order valence-electron chi connectivity index (χ0n) is 21.8. The fourth-order valence-corrected chi connectivity index (χ4v) is 6.00. The molecule has 7 nitrogen and oxygen atoms in total. The number of fused-ring (bicyclic) bond motifs is 1. The summed E-state index contributed by atoms with van der Waals surface area (Å²) in [7, 11) is 0. The molecule has 5 aromatic rings. The number of nitrogen functional groups attached to an aromatic ring is 2. The maximum Gasteiger partial charge on any atom is 0.267 e. The van der Waals surface area contributed by atoms with Crippen molar-refractivity contribution in [2.75, 3.05) is 16.8 Å². The first-order valence-electron chi connectivity index (χ1n) is 12.4. The van der Waals surface area contributed by atoms with Crippen LogP contribution in [0.25, 0.3) is 27.4 Å². The summed E-state index contributed by atoms with van der Waals surface area (Å²) < 4.78 is 0. The molecule has 0 atom stereocenters. The van der Waals surface area contributed by atoms with Crippen molar-refractivity contribution in [3.05, 3.63) is 98.6 Å². The van der Waals surface area contributed by atoms with Gasteiger partial charge in [0, 0.05) is 22.2 Å². The topological polar surface area (TPSA) is 135 Å². The predicted molar refractivity (Wildman–Crippen MR) is 165 cm³/mol. The van der Waals surface area contributed by atoms with Crippen molar-refractivity contribution in [3.63, 3.8) is 0 Å². The number of benzene rings is 2. The standard InChI is InChI=1S/C31H25N5O2S2/c1-17(2)19-9-6-18(7-10-19)8-11-24(37)20-4-3-5-22(14-20)35-30(38)28-27(33)26-25(21-12-13-39-16-21)23(15-32)29(34)36-31(26)40-28/h3-14,16-17H,33H2,1-2H3,(H2,34,36)(H,35,38)/b11-8+. The number of anilines is 3. The van der Waals surface area contributed by atoms with E-state index in [1.807, 2.05) is 29.0 Å². The fraction of sp³-hybridized carbons (Fsp3) is 0.0968. The van der Waals surface area contributed by atoms with Gasteiger partial charge in [-0.1, -0.05) is 56.3 Å². The van der Waals surface area contributed by atoms with Crippen LogP contribution in [0.15, 0.2) is 71.4 Å². The first-order valence-corrected chi connectivity index (χ1v) is 14.2. The highest BCUT2D eigenvalue weighted by molar-refractivity contribution is 7.21. The summed E-state index contributed by atoms with van der Waals surface area (Å²) in [6.07, 6.45) is 3.29. The van der Waals surface area contributed by atoms with Gasteiger partial charge in [0.15, 0.2) is 5.78 Å². The molecule has 1 amide bonds. The van der Waals surface area contributed by atoms with Crippen LogP contribution >= 0.6 is 22.7 Å².